The average Bonchev–Trinajstić information content (AvgIpc) is 3.14. The van der Waals surface area contributed by atoms with Gasteiger partial charge in [0.15, 0.2) is 0 Å². The van der Waals surface area contributed by atoms with Crippen LogP contribution in [0, 0.1) is 5.41 Å². The molecule has 4 nitrogen and oxygen atoms in total. The normalized spacial score (nSPS) is 16.3. The minimum Gasteiger partial charge on any atom is -0.396 e. The molecule has 0 radical (unpaired) electrons. The minimum absolute atomic E-state index is 0.0222. The number of aryl methyl sites for hydroxylation is 1. The van der Waals surface area contributed by atoms with Crippen molar-refractivity contribution in [2.24, 2.45) is 12.5 Å². The number of hydrogen-bond acceptors (Lipinski definition) is 2. The number of aliphatic hydroxyl groups is 1. The number of hydrogen-bond donors (Lipinski definition) is 2. The van der Waals surface area contributed by atoms with Crippen molar-refractivity contribution in [1.82, 2.24) is 9.88 Å². The second kappa shape index (κ2) is 4.94. The zero-order valence-electron chi connectivity index (χ0n) is 11.7. The van der Waals surface area contributed by atoms with Crippen molar-refractivity contribution in [2.45, 2.75) is 19.3 Å². The average molecular weight is 272 g/mol. The highest BCUT2D eigenvalue weighted by Crippen LogP contribution is 2.47. The molecule has 0 unspecified atom stereocenters. The largest absolute Gasteiger partial charge is 0.396 e. The molecular weight excluding hydrogens is 252 g/mol. The number of carbonyl (C=O) groups is 1. The second-order valence-corrected chi connectivity index (χ2v) is 5.83. The van der Waals surface area contributed by atoms with Crippen LogP contribution < -0.4 is 5.32 Å². The predicted octanol–water partition coefficient (Wildman–Crippen LogP) is 2.07. The van der Waals surface area contributed by atoms with Crippen LogP contribution in [0.5, 0.6) is 0 Å². The Morgan fingerprint density at radius 1 is 1.40 bits per heavy atom. The van der Waals surface area contributed by atoms with Gasteiger partial charge in [-0.1, -0.05) is 18.2 Å². The SMILES string of the molecule is Cn1cc(C(=O)NCC2(CCO)CC2)c2ccccc21. The molecule has 1 amide bonds. The molecule has 1 fully saturated rings. The van der Waals surface area contributed by atoms with Crippen LogP contribution in [0.1, 0.15) is 29.6 Å². The van der Waals surface area contributed by atoms with Crippen LogP contribution in [0.2, 0.25) is 0 Å². The summed E-state index contributed by atoms with van der Waals surface area (Å²) in [4.78, 5) is 12.4. The maximum atomic E-state index is 12.4. The van der Waals surface area contributed by atoms with E-state index in [-0.39, 0.29) is 17.9 Å². The van der Waals surface area contributed by atoms with Crippen LogP contribution in [0.3, 0.4) is 0 Å². The predicted molar refractivity (Wildman–Crippen MR) is 78.6 cm³/mol. The van der Waals surface area contributed by atoms with E-state index in [9.17, 15) is 4.79 Å². The summed E-state index contributed by atoms with van der Waals surface area (Å²) in [5.41, 5.74) is 1.94. The topological polar surface area (TPSA) is 54.3 Å². The highest BCUT2D eigenvalue weighted by atomic mass is 16.3. The molecule has 20 heavy (non-hydrogen) atoms. The fourth-order valence-electron chi connectivity index (χ4n) is 2.81. The van der Waals surface area contributed by atoms with Crippen molar-refractivity contribution in [3.8, 4) is 0 Å². The lowest BCUT2D eigenvalue weighted by Crippen LogP contribution is -2.30. The molecule has 1 aliphatic rings. The van der Waals surface area contributed by atoms with Crippen molar-refractivity contribution in [3.05, 3.63) is 36.0 Å². The van der Waals surface area contributed by atoms with Gasteiger partial charge in [-0.25, -0.2) is 0 Å². The molecule has 2 aromatic rings. The molecule has 4 heteroatoms. The highest BCUT2D eigenvalue weighted by Gasteiger charge is 2.41. The van der Waals surface area contributed by atoms with Crippen LogP contribution in [-0.4, -0.2) is 28.7 Å². The Kier molecular flexibility index (Phi) is 3.26. The summed E-state index contributed by atoms with van der Waals surface area (Å²) in [6.07, 6.45) is 4.86. The van der Waals surface area contributed by atoms with Crippen LogP contribution in [-0.2, 0) is 7.05 Å². The van der Waals surface area contributed by atoms with E-state index in [1.165, 1.54) is 0 Å². The Bertz CT molecular complexity index is 641. The van der Waals surface area contributed by atoms with Gasteiger partial charge in [0.1, 0.15) is 0 Å². The lowest BCUT2D eigenvalue weighted by atomic mass is 10.0. The molecular formula is C16H20N2O2. The molecule has 0 spiro atoms. The molecule has 106 valence electrons. The summed E-state index contributed by atoms with van der Waals surface area (Å²) in [5.74, 6) is -0.0222. The number of benzene rings is 1. The Hall–Kier alpha value is -1.81. The van der Waals surface area contributed by atoms with Gasteiger partial charge in [0, 0.05) is 37.3 Å². The number of para-hydroxylation sites is 1. The fourth-order valence-corrected chi connectivity index (χ4v) is 2.81. The van der Waals surface area contributed by atoms with Gasteiger partial charge in [-0.3, -0.25) is 4.79 Å². The first-order chi connectivity index (χ1) is 9.65. The fraction of sp³-hybridized carbons (Fsp3) is 0.438. The first kappa shape index (κ1) is 13.2. The molecule has 1 aliphatic carbocycles. The molecule has 3 rings (SSSR count). The van der Waals surface area contributed by atoms with E-state index in [1.54, 1.807) is 0 Å². The smallest absolute Gasteiger partial charge is 0.253 e. The van der Waals surface area contributed by atoms with Crippen molar-refractivity contribution in [2.75, 3.05) is 13.2 Å². The van der Waals surface area contributed by atoms with Crippen molar-refractivity contribution in [1.29, 1.82) is 0 Å². The standard InChI is InChI=1S/C16H20N2O2/c1-18-10-13(12-4-2-3-5-14(12)18)15(20)17-11-16(6-7-16)8-9-19/h2-5,10,19H,6-9,11H2,1H3,(H,17,20). The van der Waals surface area contributed by atoms with E-state index in [2.05, 4.69) is 5.32 Å². The number of nitrogens with one attached hydrogen (secondary N) is 1. The van der Waals surface area contributed by atoms with Gasteiger partial charge in [-0.2, -0.15) is 0 Å². The number of aliphatic hydroxyl groups excluding tert-OH is 1. The third-order valence-electron chi connectivity index (χ3n) is 4.36. The van der Waals surface area contributed by atoms with Gasteiger partial charge in [0.05, 0.1) is 5.56 Å². The minimum atomic E-state index is -0.0222. The van der Waals surface area contributed by atoms with E-state index in [0.29, 0.717) is 6.54 Å². The highest BCUT2D eigenvalue weighted by molar-refractivity contribution is 6.06. The first-order valence-corrected chi connectivity index (χ1v) is 7.08. The first-order valence-electron chi connectivity index (χ1n) is 7.08. The van der Waals surface area contributed by atoms with E-state index in [1.807, 2.05) is 42.1 Å². The summed E-state index contributed by atoms with van der Waals surface area (Å²) >= 11 is 0. The van der Waals surface area contributed by atoms with Crippen molar-refractivity contribution < 1.29 is 9.90 Å². The Morgan fingerprint density at radius 2 is 2.15 bits per heavy atom. The monoisotopic (exact) mass is 272 g/mol. The number of aromatic nitrogens is 1. The number of amides is 1. The van der Waals surface area contributed by atoms with Gasteiger partial charge in [0.25, 0.3) is 5.91 Å². The third-order valence-corrected chi connectivity index (χ3v) is 4.36. The Morgan fingerprint density at radius 3 is 2.85 bits per heavy atom. The third kappa shape index (κ3) is 2.31. The maximum Gasteiger partial charge on any atom is 0.253 e. The van der Waals surface area contributed by atoms with E-state index >= 15 is 0 Å². The van der Waals surface area contributed by atoms with Crippen LogP contribution in [0.15, 0.2) is 30.5 Å². The summed E-state index contributed by atoms with van der Waals surface area (Å²) in [5, 5.41) is 13.1. The number of fused-ring (bicyclic) bond motifs is 1. The molecule has 2 N–H and O–H groups in total. The molecule has 1 aromatic heterocycles. The number of rotatable bonds is 5. The molecule has 1 aromatic carbocycles. The lowest BCUT2D eigenvalue weighted by molar-refractivity contribution is 0.0942. The summed E-state index contributed by atoms with van der Waals surface area (Å²) in [7, 11) is 1.95. The van der Waals surface area contributed by atoms with E-state index in [4.69, 9.17) is 5.11 Å². The lowest BCUT2D eigenvalue weighted by Gasteiger charge is -2.14. The second-order valence-electron chi connectivity index (χ2n) is 5.83. The summed E-state index contributed by atoms with van der Waals surface area (Å²) in [6.45, 7) is 0.861. The summed E-state index contributed by atoms with van der Waals surface area (Å²) in [6, 6.07) is 7.92. The molecule has 1 saturated carbocycles. The quantitative estimate of drug-likeness (QED) is 0.875. The van der Waals surface area contributed by atoms with Crippen LogP contribution in [0.4, 0.5) is 0 Å². The van der Waals surface area contributed by atoms with E-state index in [0.717, 1.165) is 35.7 Å². The molecule has 1 heterocycles. The van der Waals surface area contributed by atoms with E-state index < -0.39 is 0 Å². The Labute approximate surface area is 118 Å². The van der Waals surface area contributed by atoms with Gasteiger partial charge in [-0.05, 0) is 30.7 Å². The van der Waals surface area contributed by atoms with Crippen LogP contribution >= 0.6 is 0 Å². The molecule has 0 atom stereocenters. The molecule has 0 saturated heterocycles. The Balaban J connectivity index is 1.76. The van der Waals surface area contributed by atoms with Gasteiger partial charge in [0.2, 0.25) is 0 Å². The molecule has 0 bridgehead atoms. The van der Waals surface area contributed by atoms with Crippen molar-refractivity contribution >= 4 is 16.8 Å². The maximum absolute atomic E-state index is 12.4. The number of nitrogens with zero attached hydrogens (tertiary/aromatic N) is 1. The molecule has 0 aliphatic heterocycles. The zero-order valence-corrected chi connectivity index (χ0v) is 11.7. The zero-order chi connectivity index (χ0) is 14.2. The summed E-state index contributed by atoms with van der Waals surface area (Å²) < 4.78 is 1.98. The van der Waals surface area contributed by atoms with Gasteiger partial charge >= 0.3 is 0 Å². The van der Waals surface area contributed by atoms with Crippen LogP contribution in [0.25, 0.3) is 10.9 Å². The van der Waals surface area contributed by atoms with Crippen molar-refractivity contribution in [3.63, 3.8) is 0 Å². The van der Waals surface area contributed by atoms with Gasteiger partial charge in [-0.15, -0.1) is 0 Å². The number of carbonyl (C=O) groups excluding carboxylic acids is 1. The van der Waals surface area contributed by atoms with Gasteiger partial charge < -0.3 is 15.0 Å².